The molecule has 0 aliphatic rings. The normalized spacial score (nSPS) is 11.2. The van der Waals surface area contributed by atoms with Gasteiger partial charge >= 0.3 is 0 Å². The summed E-state index contributed by atoms with van der Waals surface area (Å²) in [7, 11) is 0. The first-order valence-electron chi connectivity index (χ1n) is 10.2. The number of unbranched alkanes of at least 4 members (excludes halogenated alkanes) is 12. The standard InChI is InChI=1S/C20H42OS2/c1-2-3-4-5-6-7-8-9-10-11-12-13-14-17-22-19-20-23-18-15-16-21/h21H,2-20H2,1H3. The predicted molar refractivity (Wildman–Crippen MR) is 112 cm³/mol. The Morgan fingerprint density at radius 1 is 0.478 bits per heavy atom. The van der Waals surface area contributed by atoms with Crippen LogP contribution < -0.4 is 0 Å². The molecule has 0 aromatic heterocycles. The minimum Gasteiger partial charge on any atom is -0.396 e. The summed E-state index contributed by atoms with van der Waals surface area (Å²) in [5.74, 6) is 5.01. The molecule has 0 spiro atoms. The third-order valence-electron chi connectivity index (χ3n) is 4.21. The van der Waals surface area contributed by atoms with Gasteiger partial charge < -0.3 is 5.11 Å². The van der Waals surface area contributed by atoms with Crippen LogP contribution in [-0.2, 0) is 0 Å². The van der Waals surface area contributed by atoms with Crippen LogP contribution >= 0.6 is 23.5 Å². The van der Waals surface area contributed by atoms with Crippen molar-refractivity contribution < 1.29 is 5.11 Å². The molecule has 0 aliphatic carbocycles. The highest BCUT2D eigenvalue weighted by atomic mass is 32.2. The van der Waals surface area contributed by atoms with E-state index in [1.54, 1.807) is 0 Å². The molecule has 0 bridgehead atoms. The van der Waals surface area contributed by atoms with E-state index < -0.39 is 0 Å². The Labute approximate surface area is 155 Å². The first kappa shape index (κ1) is 23.7. The van der Waals surface area contributed by atoms with Crippen molar-refractivity contribution in [2.45, 2.75) is 96.8 Å². The monoisotopic (exact) mass is 362 g/mol. The third-order valence-corrected chi connectivity index (χ3v) is 6.61. The first-order chi connectivity index (χ1) is 11.4. The van der Waals surface area contributed by atoms with Crippen molar-refractivity contribution in [3.05, 3.63) is 0 Å². The SMILES string of the molecule is CCCCCCCCCCCCCCCSCCSCCCO. The molecule has 0 aliphatic heterocycles. The van der Waals surface area contributed by atoms with Crippen molar-refractivity contribution in [2.24, 2.45) is 0 Å². The summed E-state index contributed by atoms with van der Waals surface area (Å²) in [6, 6.07) is 0. The zero-order valence-electron chi connectivity index (χ0n) is 15.7. The molecule has 0 aromatic rings. The fourth-order valence-corrected chi connectivity index (χ4v) is 4.80. The van der Waals surface area contributed by atoms with Gasteiger partial charge in [0.15, 0.2) is 0 Å². The van der Waals surface area contributed by atoms with Gasteiger partial charge in [0, 0.05) is 18.1 Å². The molecule has 0 unspecified atom stereocenters. The largest absolute Gasteiger partial charge is 0.396 e. The topological polar surface area (TPSA) is 20.2 Å². The van der Waals surface area contributed by atoms with Crippen molar-refractivity contribution >= 4 is 23.5 Å². The van der Waals surface area contributed by atoms with Crippen molar-refractivity contribution in [1.82, 2.24) is 0 Å². The quantitative estimate of drug-likeness (QED) is 0.237. The fraction of sp³-hybridized carbons (Fsp3) is 1.00. The summed E-state index contributed by atoms with van der Waals surface area (Å²) in [5, 5.41) is 8.69. The molecule has 1 nitrogen and oxygen atoms in total. The lowest BCUT2D eigenvalue weighted by atomic mass is 10.1. The maximum absolute atomic E-state index is 8.69. The van der Waals surface area contributed by atoms with Gasteiger partial charge in [-0.25, -0.2) is 0 Å². The molecular formula is C20H42OS2. The Bertz CT molecular complexity index is 180. The first-order valence-corrected chi connectivity index (χ1v) is 12.5. The highest BCUT2D eigenvalue weighted by Gasteiger charge is 1.95. The van der Waals surface area contributed by atoms with Crippen LogP contribution in [0.5, 0.6) is 0 Å². The lowest BCUT2D eigenvalue weighted by molar-refractivity contribution is 0.296. The molecule has 23 heavy (non-hydrogen) atoms. The van der Waals surface area contributed by atoms with Gasteiger partial charge in [0.2, 0.25) is 0 Å². The minimum atomic E-state index is 0.346. The molecule has 3 heteroatoms. The molecule has 0 fully saturated rings. The highest BCUT2D eigenvalue weighted by molar-refractivity contribution is 8.02. The van der Waals surface area contributed by atoms with E-state index in [9.17, 15) is 0 Å². The zero-order valence-corrected chi connectivity index (χ0v) is 17.3. The van der Waals surface area contributed by atoms with Crippen LogP contribution in [0.1, 0.15) is 96.8 Å². The van der Waals surface area contributed by atoms with Gasteiger partial charge in [0.05, 0.1) is 0 Å². The zero-order chi connectivity index (χ0) is 16.8. The number of thioether (sulfide) groups is 2. The minimum absolute atomic E-state index is 0.346. The second-order valence-electron chi connectivity index (χ2n) is 6.54. The molecule has 0 saturated heterocycles. The second kappa shape index (κ2) is 22.7. The van der Waals surface area contributed by atoms with Crippen LogP contribution in [0.4, 0.5) is 0 Å². The highest BCUT2D eigenvalue weighted by Crippen LogP contribution is 2.14. The summed E-state index contributed by atoms with van der Waals surface area (Å²) < 4.78 is 0. The number of aliphatic hydroxyl groups excluding tert-OH is 1. The van der Waals surface area contributed by atoms with Crippen LogP contribution in [0.2, 0.25) is 0 Å². The predicted octanol–water partition coefficient (Wildman–Crippen LogP) is 6.93. The molecule has 0 atom stereocenters. The van der Waals surface area contributed by atoms with E-state index in [2.05, 4.69) is 18.7 Å². The van der Waals surface area contributed by atoms with Gasteiger partial charge in [0.25, 0.3) is 0 Å². The van der Waals surface area contributed by atoms with Crippen LogP contribution in [0.15, 0.2) is 0 Å². The molecule has 0 heterocycles. The van der Waals surface area contributed by atoms with Crippen LogP contribution in [0, 0.1) is 0 Å². The molecule has 0 saturated carbocycles. The van der Waals surface area contributed by atoms with Gasteiger partial charge in [0.1, 0.15) is 0 Å². The average Bonchev–Trinajstić information content (AvgIpc) is 2.57. The lowest BCUT2D eigenvalue weighted by Crippen LogP contribution is -1.91. The molecule has 140 valence electrons. The van der Waals surface area contributed by atoms with E-state index in [4.69, 9.17) is 5.11 Å². The Hall–Kier alpha value is 0.660. The maximum Gasteiger partial charge on any atom is 0.0438 e. The summed E-state index contributed by atoms with van der Waals surface area (Å²) in [4.78, 5) is 0. The number of aliphatic hydroxyl groups is 1. The summed E-state index contributed by atoms with van der Waals surface area (Å²) >= 11 is 4.09. The van der Waals surface area contributed by atoms with Crippen LogP contribution in [0.3, 0.4) is 0 Å². The molecule has 0 aromatic carbocycles. The van der Waals surface area contributed by atoms with E-state index >= 15 is 0 Å². The third kappa shape index (κ3) is 22.7. The molecular weight excluding hydrogens is 320 g/mol. The molecule has 1 N–H and O–H groups in total. The number of hydrogen-bond donors (Lipinski definition) is 1. The van der Waals surface area contributed by atoms with E-state index in [0.717, 1.165) is 12.2 Å². The van der Waals surface area contributed by atoms with E-state index in [0.29, 0.717) is 6.61 Å². The summed E-state index contributed by atoms with van der Waals surface area (Å²) in [6.07, 6.45) is 19.7. The van der Waals surface area contributed by atoms with E-state index in [1.165, 1.54) is 101 Å². The van der Waals surface area contributed by atoms with E-state index in [-0.39, 0.29) is 0 Å². The van der Waals surface area contributed by atoms with E-state index in [1.807, 2.05) is 11.8 Å². The summed E-state index contributed by atoms with van der Waals surface area (Å²) in [5.41, 5.74) is 0. The van der Waals surface area contributed by atoms with Crippen LogP contribution in [-0.4, -0.2) is 34.7 Å². The Morgan fingerprint density at radius 3 is 1.30 bits per heavy atom. The Kier molecular flexibility index (Phi) is 23.3. The fourth-order valence-electron chi connectivity index (χ4n) is 2.71. The van der Waals surface area contributed by atoms with Crippen LogP contribution in [0.25, 0.3) is 0 Å². The van der Waals surface area contributed by atoms with Crippen molar-refractivity contribution in [1.29, 1.82) is 0 Å². The van der Waals surface area contributed by atoms with Gasteiger partial charge in [-0.1, -0.05) is 84.0 Å². The molecule has 0 amide bonds. The van der Waals surface area contributed by atoms with Crippen molar-refractivity contribution in [2.75, 3.05) is 29.6 Å². The van der Waals surface area contributed by atoms with Gasteiger partial charge in [-0.15, -0.1) is 0 Å². The second-order valence-corrected chi connectivity index (χ2v) is 8.99. The molecule has 0 rings (SSSR count). The van der Waals surface area contributed by atoms with Crippen molar-refractivity contribution in [3.8, 4) is 0 Å². The van der Waals surface area contributed by atoms with Gasteiger partial charge in [-0.3, -0.25) is 0 Å². The lowest BCUT2D eigenvalue weighted by Gasteiger charge is -2.04. The van der Waals surface area contributed by atoms with Gasteiger partial charge in [-0.05, 0) is 24.3 Å². The Morgan fingerprint density at radius 2 is 0.870 bits per heavy atom. The maximum atomic E-state index is 8.69. The molecule has 0 radical (unpaired) electrons. The smallest absolute Gasteiger partial charge is 0.0438 e. The Balaban J connectivity index is 2.92. The summed E-state index contributed by atoms with van der Waals surface area (Å²) in [6.45, 7) is 2.64. The average molecular weight is 363 g/mol. The number of hydrogen-bond acceptors (Lipinski definition) is 3. The van der Waals surface area contributed by atoms with Crippen molar-refractivity contribution in [3.63, 3.8) is 0 Å². The number of rotatable bonds is 20. The van der Waals surface area contributed by atoms with Gasteiger partial charge in [-0.2, -0.15) is 23.5 Å².